The van der Waals surface area contributed by atoms with Gasteiger partial charge in [0, 0.05) is 18.0 Å². The third kappa shape index (κ3) is 4.89. The molecule has 1 unspecified atom stereocenters. The van der Waals surface area contributed by atoms with E-state index in [9.17, 15) is 14.4 Å². The second kappa shape index (κ2) is 8.09. The number of benzene rings is 1. The molecule has 0 spiro atoms. The van der Waals surface area contributed by atoms with Crippen LogP contribution in [0.15, 0.2) is 17.5 Å². The van der Waals surface area contributed by atoms with Gasteiger partial charge in [-0.25, -0.2) is 9.78 Å². The topological polar surface area (TPSA) is 97.4 Å². The fourth-order valence-corrected chi connectivity index (χ4v) is 3.18. The number of hydrogen-bond acceptors (Lipinski definition) is 6. The molecule has 2 N–H and O–H groups in total. The van der Waals surface area contributed by atoms with Crippen LogP contribution in [0.3, 0.4) is 0 Å². The van der Waals surface area contributed by atoms with Crippen LogP contribution < -0.4 is 10.6 Å². The zero-order chi connectivity index (χ0) is 19.4. The molecular weight excluding hydrogens is 354 g/mol. The molecule has 0 aliphatic rings. The molecule has 26 heavy (non-hydrogen) atoms. The predicted octanol–water partition coefficient (Wildman–Crippen LogP) is 3.21. The third-order valence-corrected chi connectivity index (χ3v) is 4.33. The first kappa shape index (κ1) is 19.6. The largest absolute Gasteiger partial charge is 0.448 e. The van der Waals surface area contributed by atoms with E-state index in [0.717, 1.165) is 28.0 Å². The number of rotatable bonds is 5. The Morgan fingerprint density at radius 2 is 1.73 bits per heavy atom. The van der Waals surface area contributed by atoms with Crippen molar-refractivity contribution in [3.05, 3.63) is 39.9 Å². The second-order valence-corrected chi connectivity index (χ2v) is 6.89. The lowest BCUT2D eigenvalue weighted by Gasteiger charge is -2.16. The number of amides is 2. The lowest BCUT2D eigenvalue weighted by molar-refractivity contribution is -0.123. The number of ether oxygens (including phenoxy) is 1. The molecule has 0 saturated heterocycles. The Balaban J connectivity index is 2.01. The number of hydrogen-bond donors (Lipinski definition) is 2. The summed E-state index contributed by atoms with van der Waals surface area (Å²) >= 11 is 1.11. The maximum Gasteiger partial charge on any atom is 0.358 e. The van der Waals surface area contributed by atoms with Crippen LogP contribution in [0.1, 0.15) is 41.0 Å². The Morgan fingerprint density at radius 3 is 2.31 bits per heavy atom. The van der Waals surface area contributed by atoms with Gasteiger partial charge in [0.05, 0.1) is 0 Å². The van der Waals surface area contributed by atoms with Gasteiger partial charge in [-0.05, 0) is 38.8 Å². The molecule has 1 aromatic carbocycles. The van der Waals surface area contributed by atoms with Crippen molar-refractivity contribution < 1.29 is 19.1 Å². The number of carbonyl (C=O) groups excluding carboxylic acids is 3. The highest BCUT2D eigenvalue weighted by molar-refractivity contribution is 7.14. The smallest absolute Gasteiger partial charge is 0.358 e. The van der Waals surface area contributed by atoms with Crippen molar-refractivity contribution in [2.75, 3.05) is 10.6 Å². The van der Waals surface area contributed by atoms with Crippen LogP contribution in [0.4, 0.5) is 10.8 Å². The lowest BCUT2D eigenvalue weighted by atomic mass is 10.0. The Bertz CT molecular complexity index is 837. The van der Waals surface area contributed by atoms with Gasteiger partial charge < -0.3 is 15.4 Å². The highest BCUT2D eigenvalue weighted by Crippen LogP contribution is 2.22. The van der Waals surface area contributed by atoms with E-state index in [-0.39, 0.29) is 11.6 Å². The average molecular weight is 375 g/mol. The summed E-state index contributed by atoms with van der Waals surface area (Å²) in [6.07, 6.45) is -0.992. The molecule has 1 aromatic heterocycles. The van der Waals surface area contributed by atoms with Gasteiger partial charge in [0.1, 0.15) is 0 Å². The minimum absolute atomic E-state index is 0.0427. The van der Waals surface area contributed by atoms with Crippen LogP contribution in [0.5, 0.6) is 0 Å². The van der Waals surface area contributed by atoms with Gasteiger partial charge in [-0.2, -0.15) is 0 Å². The highest BCUT2D eigenvalue weighted by Gasteiger charge is 2.22. The first-order valence-corrected chi connectivity index (χ1v) is 8.88. The van der Waals surface area contributed by atoms with Crippen molar-refractivity contribution in [2.45, 2.75) is 40.7 Å². The van der Waals surface area contributed by atoms with Crippen molar-refractivity contribution in [1.82, 2.24) is 4.98 Å². The Labute approximate surface area is 155 Å². The minimum atomic E-state index is -0.992. The molecule has 138 valence electrons. The average Bonchev–Trinajstić information content (AvgIpc) is 2.98. The van der Waals surface area contributed by atoms with Crippen molar-refractivity contribution in [2.24, 2.45) is 0 Å². The van der Waals surface area contributed by atoms with E-state index in [1.807, 2.05) is 32.9 Å². The molecule has 0 saturated carbocycles. The van der Waals surface area contributed by atoms with E-state index < -0.39 is 18.0 Å². The van der Waals surface area contributed by atoms with Crippen LogP contribution in [0.2, 0.25) is 0 Å². The number of thiazole rings is 1. The van der Waals surface area contributed by atoms with Crippen LogP contribution in [-0.4, -0.2) is 28.9 Å². The molecule has 0 aliphatic carbocycles. The quantitative estimate of drug-likeness (QED) is 0.782. The first-order chi connectivity index (χ1) is 12.2. The van der Waals surface area contributed by atoms with Gasteiger partial charge >= 0.3 is 5.97 Å². The third-order valence-electron chi connectivity index (χ3n) is 3.57. The molecule has 1 atom stereocenters. The molecule has 2 amide bonds. The summed E-state index contributed by atoms with van der Waals surface area (Å²) in [7, 11) is 0. The second-order valence-electron chi connectivity index (χ2n) is 6.03. The molecule has 0 bridgehead atoms. The molecule has 0 aliphatic heterocycles. The summed E-state index contributed by atoms with van der Waals surface area (Å²) in [6, 6.07) is 3.94. The zero-order valence-corrected chi connectivity index (χ0v) is 16.1. The summed E-state index contributed by atoms with van der Waals surface area (Å²) in [5.41, 5.74) is 3.74. The van der Waals surface area contributed by atoms with E-state index in [1.54, 1.807) is 0 Å². The summed E-state index contributed by atoms with van der Waals surface area (Å²) in [5.74, 6) is -1.43. The van der Waals surface area contributed by atoms with Crippen molar-refractivity contribution in [3.8, 4) is 0 Å². The number of nitrogens with zero attached hydrogens (tertiary/aromatic N) is 1. The van der Waals surface area contributed by atoms with E-state index >= 15 is 0 Å². The summed E-state index contributed by atoms with van der Waals surface area (Å²) < 4.78 is 5.17. The fourth-order valence-electron chi connectivity index (χ4n) is 2.45. The van der Waals surface area contributed by atoms with Crippen LogP contribution >= 0.6 is 11.3 Å². The Kier molecular flexibility index (Phi) is 6.10. The number of carbonyl (C=O) groups is 3. The van der Waals surface area contributed by atoms with Crippen LogP contribution in [0, 0.1) is 20.8 Å². The van der Waals surface area contributed by atoms with Crippen LogP contribution in [-0.2, 0) is 14.3 Å². The normalized spacial score (nSPS) is 11.6. The van der Waals surface area contributed by atoms with E-state index in [1.165, 1.54) is 19.2 Å². The molecule has 7 nitrogen and oxygen atoms in total. The van der Waals surface area contributed by atoms with Crippen molar-refractivity contribution >= 4 is 39.9 Å². The SMILES string of the molecule is CC(=O)Nc1nc(C(=O)OC(C)C(=O)Nc2c(C)cc(C)cc2C)cs1. The molecule has 0 radical (unpaired) electrons. The Hall–Kier alpha value is -2.74. The van der Waals surface area contributed by atoms with E-state index in [0.29, 0.717) is 10.8 Å². The highest BCUT2D eigenvalue weighted by atomic mass is 32.1. The Morgan fingerprint density at radius 1 is 1.12 bits per heavy atom. The van der Waals surface area contributed by atoms with Crippen molar-refractivity contribution in [3.63, 3.8) is 0 Å². The summed E-state index contributed by atoms with van der Waals surface area (Å²) in [4.78, 5) is 39.4. The van der Waals surface area contributed by atoms with Gasteiger partial charge in [-0.1, -0.05) is 17.7 Å². The van der Waals surface area contributed by atoms with Gasteiger partial charge in [-0.3, -0.25) is 9.59 Å². The standard InChI is InChI=1S/C18H21N3O4S/c1-9-6-10(2)15(11(3)7-9)21-16(23)12(4)25-17(24)14-8-26-18(20-14)19-13(5)22/h6-8,12H,1-5H3,(H,21,23)(H,19,20,22). The van der Waals surface area contributed by atoms with Gasteiger partial charge in [-0.15, -0.1) is 11.3 Å². The number of esters is 1. The summed E-state index contributed by atoms with van der Waals surface area (Å²) in [5, 5.41) is 7.05. The van der Waals surface area contributed by atoms with E-state index in [2.05, 4.69) is 15.6 Å². The first-order valence-electron chi connectivity index (χ1n) is 8.00. The van der Waals surface area contributed by atoms with Crippen molar-refractivity contribution in [1.29, 1.82) is 0 Å². The zero-order valence-electron chi connectivity index (χ0n) is 15.3. The van der Waals surface area contributed by atoms with Gasteiger partial charge in [0.15, 0.2) is 16.9 Å². The fraction of sp³-hybridized carbons (Fsp3) is 0.333. The number of nitrogens with one attached hydrogen (secondary N) is 2. The molecular formula is C18H21N3O4S. The maximum atomic E-state index is 12.4. The number of aryl methyl sites for hydroxylation is 3. The number of aromatic nitrogens is 1. The number of anilines is 2. The molecule has 1 heterocycles. The van der Waals surface area contributed by atoms with Gasteiger partial charge in [0.2, 0.25) is 5.91 Å². The maximum absolute atomic E-state index is 12.4. The van der Waals surface area contributed by atoms with Crippen LogP contribution in [0.25, 0.3) is 0 Å². The van der Waals surface area contributed by atoms with E-state index in [4.69, 9.17) is 4.74 Å². The minimum Gasteiger partial charge on any atom is -0.448 e. The molecule has 0 fully saturated rings. The molecule has 2 rings (SSSR count). The summed E-state index contributed by atoms with van der Waals surface area (Å²) in [6.45, 7) is 8.64. The monoisotopic (exact) mass is 375 g/mol. The van der Waals surface area contributed by atoms with Gasteiger partial charge in [0.25, 0.3) is 5.91 Å². The molecule has 2 aromatic rings. The molecule has 8 heteroatoms. The lowest BCUT2D eigenvalue weighted by Crippen LogP contribution is -2.30. The predicted molar refractivity (Wildman–Crippen MR) is 101 cm³/mol.